The Balaban J connectivity index is 1.61. The first-order valence-electron chi connectivity index (χ1n) is 7.32. The van der Waals surface area contributed by atoms with Crippen molar-refractivity contribution in [2.24, 2.45) is 0 Å². The lowest BCUT2D eigenvalue weighted by atomic mass is 10.0. The lowest BCUT2D eigenvalue weighted by Crippen LogP contribution is -2.47. The summed E-state index contributed by atoms with van der Waals surface area (Å²) in [5.41, 5.74) is 0.600. The van der Waals surface area contributed by atoms with Gasteiger partial charge in [-0.25, -0.2) is 18.1 Å². The summed E-state index contributed by atoms with van der Waals surface area (Å²) in [6.07, 6.45) is 7.22. The molecule has 2 unspecified atom stereocenters. The number of sulfonamides is 1. The summed E-state index contributed by atoms with van der Waals surface area (Å²) in [5.74, 6) is 0. The van der Waals surface area contributed by atoms with Crippen molar-refractivity contribution < 1.29 is 8.42 Å². The second-order valence-electron chi connectivity index (χ2n) is 5.98. The summed E-state index contributed by atoms with van der Waals surface area (Å²) in [6.45, 7) is 0. The van der Waals surface area contributed by atoms with Gasteiger partial charge in [0.2, 0.25) is 10.0 Å². The van der Waals surface area contributed by atoms with Crippen LogP contribution >= 0.6 is 0 Å². The Labute approximate surface area is 123 Å². The first-order valence-corrected chi connectivity index (χ1v) is 8.80. The van der Waals surface area contributed by atoms with Gasteiger partial charge in [0, 0.05) is 35.9 Å². The van der Waals surface area contributed by atoms with E-state index in [1.807, 2.05) is 0 Å². The number of piperidine rings is 1. The Hall–Kier alpha value is -1.44. The number of pyridine rings is 1. The van der Waals surface area contributed by atoms with Gasteiger partial charge in [-0.3, -0.25) is 0 Å². The molecular formula is C14H18N4O2S. The molecule has 2 aromatic heterocycles. The Morgan fingerprint density at radius 3 is 2.76 bits per heavy atom. The molecule has 0 amide bonds. The smallest absolute Gasteiger partial charge is 0.243 e. The molecule has 0 aromatic carbocycles. The third kappa shape index (κ3) is 2.35. The van der Waals surface area contributed by atoms with Gasteiger partial charge in [-0.1, -0.05) is 0 Å². The van der Waals surface area contributed by atoms with E-state index in [1.54, 1.807) is 18.3 Å². The minimum Gasteiger partial charge on any atom is -0.345 e. The van der Waals surface area contributed by atoms with Crippen LogP contribution in [0.1, 0.15) is 25.7 Å². The van der Waals surface area contributed by atoms with Gasteiger partial charge in [0.05, 0.1) is 0 Å². The molecule has 0 aliphatic carbocycles. The van der Waals surface area contributed by atoms with Crippen LogP contribution in [0.15, 0.2) is 29.4 Å². The van der Waals surface area contributed by atoms with Crippen LogP contribution in [0.4, 0.5) is 0 Å². The fourth-order valence-corrected chi connectivity index (χ4v) is 5.02. The number of nitrogens with one attached hydrogen (secondary N) is 3. The summed E-state index contributed by atoms with van der Waals surface area (Å²) in [5, 5.41) is 4.16. The summed E-state index contributed by atoms with van der Waals surface area (Å²) < 4.78 is 28.1. The summed E-state index contributed by atoms with van der Waals surface area (Å²) in [6, 6.07) is 4.47. The van der Waals surface area contributed by atoms with Crippen molar-refractivity contribution >= 4 is 21.1 Å². The van der Waals surface area contributed by atoms with Crippen LogP contribution in [-0.2, 0) is 10.0 Å². The molecule has 2 aromatic rings. The van der Waals surface area contributed by atoms with E-state index in [2.05, 4.69) is 20.0 Å². The van der Waals surface area contributed by atoms with Gasteiger partial charge in [-0.05, 0) is 37.8 Å². The van der Waals surface area contributed by atoms with Crippen molar-refractivity contribution in [1.82, 2.24) is 20.0 Å². The van der Waals surface area contributed by atoms with Crippen molar-refractivity contribution in [2.45, 2.75) is 48.7 Å². The number of aromatic nitrogens is 2. The van der Waals surface area contributed by atoms with E-state index in [0.717, 1.165) is 25.7 Å². The number of aromatic amines is 1. The molecule has 2 saturated heterocycles. The molecule has 2 aliphatic heterocycles. The van der Waals surface area contributed by atoms with E-state index in [0.29, 0.717) is 23.1 Å². The molecule has 2 fully saturated rings. The zero-order chi connectivity index (χ0) is 14.4. The average molecular weight is 306 g/mol. The van der Waals surface area contributed by atoms with Crippen LogP contribution in [0.5, 0.6) is 0 Å². The summed E-state index contributed by atoms with van der Waals surface area (Å²) in [4.78, 5) is 7.35. The number of rotatable bonds is 3. The van der Waals surface area contributed by atoms with Crippen LogP contribution in [0.3, 0.4) is 0 Å². The SMILES string of the molecule is O=S(=O)(NC1CC2CCC(C1)N2)c1c[nH]c2ncccc12. The van der Waals surface area contributed by atoms with Crippen LogP contribution < -0.4 is 10.0 Å². The molecule has 21 heavy (non-hydrogen) atoms. The minimum absolute atomic E-state index is 0.0235. The highest BCUT2D eigenvalue weighted by Crippen LogP contribution is 2.28. The van der Waals surface area contributed by atoms with E-state index < -0.39 is 10.0 Å². The molecule has 2 atom stereocenters. The normalized spacial score (nSPS) is 29.0. The maximum atomic E-state index is 12.6. The molecule has 4 rings (SSSR count). The lowest BCUT2D eigenvalue weighted by Gasteiger charge is -2.29. The fraction of sp³-hybridized carbons (Fsp3) is 0.500. The van der Waals surface area contributed by atoms with Gasteiger partial charge in [0.15, 0.2) is 0 Å². The summed E-state index contributed by atoms with van der Waals surface area (Å²) in [7, 11) is -3.51. The molecule has 0 radical (unpaired) electrons. The quantitative estimate of drug-likeness (QED) is 0.793. The minimum atomic E-state index is -3.51. The van der Waals surface area contributed by atoms with Crippen LogP contribution in [0, 0.1) is 0 Å². The molecule has 0 spiro atoms. The Bertz CT molecular complexity index is 758. The Morgan fingerprint density at radius 1 is 1.24 bits per heavy atom. The van der Waals surface area contributed by atoms with Crippen LogP contribution in [-0.4, -0.2) is 36.5 Å². The average Bonchev–Trinajstić information content (AvgIpc) is 3.02. The van der Waals surface area contributed by atoms with Gasteiger partial charge in [-0.2, -0.15) is 0 Å². The van der Waals surface area contributed by atoms with Crippen molar-refractivity contribution in [1.29, 1.82) is 0 Å². The molecule has 3 N–H and O–H groups in total. The number of fused-ring (bicyclic) bond motifs is 3. The van der Waals surface area contributed by atoms with Crippen molar-refractivity contribution in [3.8, 4) is 0 Å². The molecule has 112 valence electrons. The standard InChI is InChI=1S/C14H18N4O2S/c19-21(20,13-8-16-14-12(13)2-1-5-15-14)18-11-6-9-3-4-10(7-11)17-9/h1-2,5,8-11,17-18H,3-4,6-7H2,(H,15,16). The predicted octanol–water partition coefficient (Wildman–Crippen LogP) is 1.12. The van der Waals surface area contributed by atoms with Crippen molar-refractivity contribution in [3.63, 3.8) is 0 Å². The maximum Gasteiger partial charge on any atom is 0.243 e. The number of hydrogen-bond acceptors (Lipinski definition) is 4. The monoisotopic (exact) mass is 306 g/mol. The highest BCUT2D eigenvalue weighted by molar-refractivity contribution is 7.89. The van der Waals surface area contributed by atoms with E-state index in [-0.39, 0.29) is 10.9 Å². The van der Waals surface area contributed by atoms with Crippen molar-refractivity contribution in [3.05, 3.63) is 24.5 Å². The second kappa shape index (κ2) is 4.79. The van der Waals surface area contributed by atoms with Gasteiger partial charge < -0.3 is 10.3 Å². The topological polar surface area (TPSA) is 86.9 Å². The zero-order valence-electron chi connectivity index (χ0n) is 11.5. The first-order chi connectivity index (χ1) is 10.1. The third-order valence-corrected chi connectivity index (χ3v) is 6.06. The van der Waals surface area contributed by atoms with E-state index in [9.17, 15) is 8.42 Å². The van der Waals surface area contributed by atoms with Crippen LogP contribution in [0.2, 0.25) is 0 Å². The number of hydrogen-bond donors (Lipinski definition) is 3. The number of nitrogens with zero attached hydrogens (tertiary/aromatic N) is 1. The molecule has 0 saturated carbocycles. The largest absolute Gasteiger partial charge is 0.345 e. The first kappa shape index (κ1) is 13.2. The Kier molecular flexibility index (Phi) is 3.02. The zero-order valence-corrected chi connectivity index (χ0v) is 12.4. The fourth-order valence-electron chi connectivity index (χ4n) is 3.59. The Morgan fingerprint density at radius 2 is 2.00 bits per heavy atom. The highest BCUT2D eigenvalue weighted by Gasteiger charge is 2.35. The van der Waals surface area contributed by atoms with Gasteiger partial charge in [0.25, 0.3) is 0 Å². The van der Waals surface area contributed by atoms with E-state index in [4.69, 9.17) is 0 Å². The highest BCUT2D eigenvalue weighted by atomic mass is 32.2. The van der Waals surface area contributed by atoms with Crippen molar-refractivity contribution in [2.75, 3.05) is 0 Å². The third-order valence-electron chi connectivity index (χ3n) is 4.50. The molecule has 4 heterocycles. The summed E-state index contributed by atoms with van der Waals surface area (Å²) >= 11 is 0. The maximum absolute atomic E-state index is 12.6. The molecule has 2 bridgehead atoms. The molecule has 2 aliphatic rings. The molecule has 7 heteroatoms. The second-order valence-corrected chi connectivity index (χ2v) is 7.66. The van der Waals surface area contributed by atoms with Gasteiger partial charge in [-0.15, -0.1) is 0 Å². The molecule has 6 nitrogen and oxygen atoms in total. The van der Waals surface area contributed by atoms with Gasteiger partial charge in [0.1, 0.15) is 10.5 Å². The van der Waals surface area contributed by atoms with Crippen LogP contribution in [0.25, 0.3) is 11.0 Å². The molecular weight excluding hydrogens is 288 g/mol. The number of H-pyrrole nitrogens is 1. The predicted molar refractivity (Wildman–Crippen MR) is 79.4 cm³/mol. The van der Waals surface area contributed by atoms with E-state index in [1.165, 1.54) is 6.20 Å². The van der Waals surface area contributed by atoms with Gasteiger partial charge >= 0.3 is 0 Å². The lowest BCUT2D eigenvalue weighted by molar-refractivity contribution is 0.345. The van der Waals surface area contributed by atoms with E-state index >= 15 is 0 Å².